The van der Waals surface area contributed by atoms with Crippen LogP contribution in [0.15, 0.2) is 66.7 Å². The number of carbonyl (C=O) groups is 1. The van der Waals surface area contributed by atoms with Crippen LogP contribution in [0.4, 0.5) is 11.4 Å². The van der Waals surface area contributed by atoms with Crippen molar-refractivity contribution in [3.8, 4) is 16.9 Å². The summed E-state index contributed by atoms with van der Waals surface area (Å²) >= 11 is 0. The van der Waals surface area contributed by atoms with Crippen LogP contribution in [0.2, 0.25) is 0 Å². The maximum Gasteiger partial charge on any atom is 0.193 e. The van der Waals surface area contributed by atoms with E-state index in [1.165, 1.54) is 0 Å². The second kappa shape index (κ2) is 5.29. The lowest BCUT2D eigenvalue weighted by molar-refractivity contribution is 0.103. The topological polar surface area (TPSA) is 40.4 Å². The summed E-state index contributed by atoms with van der Waals surface area (Å²) < 4.78 is 5.19. The largest absolute Gasteiger partial charge is 0.497 e. The van der Waals surface area contributed by atoms with Gasteiger partial charge in [-0.05, 0) is 36.4 Å². The van der Waals surface area contributed by atoms with Gasteiger partial charge in [0.1, 0.15) is 5.75 Å². The number of para-hydroxylation sites is 1. The number of ketones is 1. The molecule has 0 aromatic heterocycles. The predicted octanol–water partition coefficient (Wildman–Crippen LogP) is 4.47. The van der Waals surface area contributed by atoms with E-state index in [-0.39, 0.29) is 5.78 Å². The smallest absolute Gasteiger partial charge is 0.193 e. The summed E-state index contributed by atoms with van der Waals surface area (Å²) in [6.45, 7) is 0. The molecule has 0 saturated carbocycles. The average Bonchev–Trinajstić information content (AvgIpc) is 2.99. The van der Waals surface area contributed by atoms with E-state index in [9.17, 15) is 4.79 Å². The molecule has 3 nitrogen and oxygen atoms in total. The van der Waals surface area contributed by atoms with Crippen molar-refractivity contribution in [2.45, 2.75) is 0 Å². The standard InChI is InChI=1S/C20H14NO2/c1-23-15-6-4-5-13(11-15)20(22)14-9-10-19-17(12-14)16-7-2-3-8-18(16)21-19/h2-12H,1H3. The van der Waals surface area contributed by atoms with Gasteiger partial charge in [0.15, 0.2) is 5.78 Å². The maximum atomic E-state index is 12.7. The fourth-order valence-electron chi connectivity index (χ4n) is 2.85. The maximum absolute atomic E-state index is 12.7. The van der Waals surface area contributed by atoms with Crippen molar-refractivity contribution in [2.24, 2.45) is 0 Å². The first-order chi connectivity index (χ1) is 11.3. The van der Waals surface area contributed by atoms with Gasteiger partial charge < -0.3 is 4.74 Å². The summed E-state index contributed by atoms with van der Waals surface area (Å²) in [5, 5.41) is 4.58. The molecule has 1 heterocycles. The quantitative estimate of drug-likeness (QED) is 0.524. The highest BCUT2D eigenvalue weighted by Gasteiger charge is 2.21. The summed E-state index contributed by atoms with van der Waals surface area (Å²) in [6, 6.07) is 20.8. The predicted molar refractivity (Wildman–Crippen MR) is 89.8 cm³/mol. The van der Waals surface area contributed by atoms with Crippen molar-refractivity contribution in [3.05, 3.63) is 77.9 Å². The van der Waals surface area contributed by atoms with Crippen molar-refractivity contribution in [1.29, 1.82) is 0 Å². The minimum Gasteiger partial charge on any atom is -0.497 e. The van der Waals surface area contributed by atoms with Crippen LogP contribution in [0.5, 0.6) is 5.75 Å². The Morgan fingerprint density at radius 1 is 0.826 bits per heavy atom. The van der Waals surface area contributed by atoms with E-state index in [0.717, 1.165) is 22.5 Å². The van der Waals surface area contributed by atoms with E-state index in [4.69, 9.17) is 4.74 Å². The van der Waals surface area contributed by atoms with Gasteiger partial charge in [-0.25, -0.2) is 5.32 Å². The van der Waals surface area contributed by atoms with Gasteiger partial charge in [-0.3, -0.25) is 4.79 Å². The zero-order valence-corrected chi connectivity index (χ0v) is 12.6. The molecule has 0 bridgehead atoms. The Kier molecular flexibility index (Phi) is 3.12. The first-order valence-corrected chi connectivity index (χ1v) is 7.40. The lowest BCUT2D eigenvalue weighted by Crippen LogP contribution is -2.01. The van der Waals surface area contributed by atoms with Gasteiger partial charge in [-0.15, -0.1) is 0 Å². The fourth-order valence-corrected chi connectivity index (χ4v) is 2.85. The molecular formula is C20H14NO2. The Labute approximate surface area is 134 Å². The highest BCUT2D eigenvalue weighted by Crippen LogP contribution is 2.42. The molecule has 1 aliphatic rings. The number of benzene rings is 3. The van der Waals surface area contributed by atoms with E-state index in [1.807, 2.05) is 54.6 Å². The lowest BCUT2D eigenvalue weighted by Gasteiger charge is -2.06. The van der Waals surface area contributed by atoms with E-state index in [1.54, 1.807) is 19.2 Å². The number of hydrogen-bond donors (Lipinski definition) is 0. The molecule has 3 heteroatoms. The van der Waals surface area contributed by atoms with Gasteiger partial charge in [-0.1, -0.05) is 30.3 Å². The summed E-state index contributed by atoms with van der Waals surface area (Å²) in [7, 11) is 1.59. The van der Waals surface area contributed by atoms with E-state index in [0.29, 0.717) is 16.9 Å². The van der Waals surface area contributed by atoms with Crippen LogP contribution in [-0.2, 0) is 0 Å². The molecule has 3 aromatic rings. The van der Waals surface area contributed by atoms with E-state index in [2.05, 4.69) is 5.32 Å². The van der Waals surface area contributed by atoms with Gasteiger partial charge in [0.05, 0.1) is 18.5 Å². The number of hydrogen-bond acceptors (Lipinski definition) is 2. The molecule has 0 N–H and O–H groups in total. The van der Waals surface area contributed by atoms with Crippen LogP contribution in [0.25, 0.3) is 11.1 Å². The Bertz CT molecular complexity index is 915. The summed E-state index contributed by atoms with van der Waals surface area (Å²) in [4.78, 5) is 12.7. The molecule has 0 fully saturated rings. The van der Waals surface area contributed by atoms with Crippen LogP contribution in [0, 0.1) is 0 Å². The molecule has 4 rings (SSSR count). The number of rotatable bonds is 3. The van der Waals surface area contributed by atoms with Gasteiger partial charge in [0.25, 0.3) is 0 Å². The zero-order valence-electron chi connectivity index (χ0n) is 12.6. The molecule has 0 amide bonds. The first kappa shape index (κ1) is 13.6. The third-order valence-corrected chi connectivity index (χ3v) is 4.03. The first-order valence-electron chi connectivity index (χ1n) is 7.40. The number of ether oxygens (including phenoxy) is 1. The summed E-state index contributed by atoms with van der Waals surface area (Å²) in [6.07, 6.45) is 0. The molecule has 1 radical (unpaired) electrons. The van der Waals surface area contributed by atoms with Crippen molar-refractivity contribution in [2.75, 3.05) is 7.11 Å². The second-order valence-electron chi connectivity index (χ2n) is 5.42. The molecule has 0 aliphatic carbocycles. The van der Waals surface area contributed by atoms with Gasteiger partial charge >= 0.3 is 0 Å². The Hall–Kier alpha value is -3.07. The number of methoxy groups -OCH3 is 1. The zero-order chi connectivity index (χ0) is 15.8. The van der Waals surface area contributed by atoms with Crippen molar-refractivity contribution in [3.63, 3.8) is 0 Å². The molecule has 0 saturated heterocycles. The van der Waals surface area contributed by atoms with Gasteiger partial charge in [0, 0.05) is 22.3 Å². The summed E-state index contributed by atoms with van der Waals surface area (Å²) in [5.41, 5.74) is 5.22. The SMILES string of the molecule is COc1cccc(C(=O)c2ccc3c(c2)-c2ccccc2[N]3)c1. The van der Waals surface area contributed by atoms with Crippen LogP contribution in [0.3, 0.4) is 0 Å². The normalized spacial score (nSPS) is 11.3. The van der Waals surface area contributed by atoms with Crippen molar-refractivity contribution < 1.29 is 9.53 Å². The van der Waals surface area contributed by atoms with Crippen LogP contribution >= 0.6 is 0 Å². The van der Waals surface area contributed by atoms with E-state index < -0.39 is 0 Å². The second-order valence-corrected chi connectivity index (χ2v) is 5.42. The van der Waals surface area contributed by atoms with Crippen LogP contribution in [-0.4, -0.2) is 12.9 Å². The van der Waals surface area contributed by atoms with Crippen LogP contribution < -0.4 is 10.1 Å². The minimum atomic E-state index is -0.0175. The Morgan fingerprint density at radius 3 is 2.48 bits per heavy atom. The highest BCUT2D eigenvalue weighted by atomic mass is 16.5. The average molecular weight is 300 g/mol. The number of nitrogens with zero attached hydrogens (tertiary/aromatic N) is 1. The monoisotopic (exact) mass is 300 g/mol. The van der Waals surface area contributed by atoms with Gasteiger partial charge in [-0.2, -0.15) is 0 Å². The summed E-state index contributed by atoms with van der Waals surface area (Å²) in [5.74, 6) is 0.661. The van der Waals surface area contributed by atoms with E-state index >= 15 is 0 Å². The fraction of sp³-hybridized carbons (Fsp3) is 0.0500. The molecule has 0 atom stereocenters. The molecule has 1 aliphatic heterocycles. The van der Waals surface area contributed by atoms with Gasteiger partial charge in [0.2, 0.25) is 0 Å². The number of fused-ring (bicyclic) bond motifs is 3. The molecule has 23 heavy (non-hydrogen) atoms. The molecular weight excluding hydrogens is 286 g/mol. The van der Waals surface area contributed by atoms with Crippen molar-refractivity contribution in [1.82, 2.24) is 5.32 Å². The molecule has 0 spiro atoms. The Balaban J connectivity index is 1.76. The van der Waals surface area contributed by atoms with Crippen molar-refractivity contribution >= 4 is 17.2 Å². The molecule has 111 valence electrons. The minimum absolute atomic E-state index is 0.0175. The Morgan fingerprint density at radius 2 is 1.61 bits per heavy atom. The third-order valence-electron chi connectivity index (χ3n) is 4.03. The molecule has 0 unspecified atom stereocenters. The van der Waals surface area contributed by atoms with Crippen LogP contribution in [0.1, 0.15) is 15.9 Å². The lowest BCUT2D eigenvalue weighted by atomic mass is 9.98. The third kappa shape index (κ3) is 2.27. The number of carbonyl (C=O) groups excluding carboxylic acids is 1. The highest BCUT2D eigenvalue weighted by molar-refractivity contribution is 6.10. The molecule has 3 aromatic carbocycles.